The Hall–Kier alpha value is -0.963. The minimum absolute atomic E-state index is 0.128. The van der Waals surface area contributed by atoms with Crippen LogP contribution in [0, 0.1) is 0 Å². The number of hydrogen-bond donors (Lipinski definition) is 1. The maximum absolute atomic E-state index is 10.8. The molecule has 0 aliphatic carbocycles. The number of phenols is 1. The van der Waals surface area contributed by atoms with E-state index in [0.717, 1.165) is 16.9 Å². The Kier molecular flexibility index (Phi) is 5.10. The lowest BCUT2D eigenvalue weighted by Crippen LogP contribution is -2.44. The molecule has 1 rings (SSSR count). The molecule has 2 nitrogen and oxygen atoms in total. The smallest absolute Gasteiger partial charge is 0.250 e. The van der Waals surface area contributed by atoms with E-state index in [1.807, 2.05) is 12.1 Å². The second kappa shape index (κ2) is 5.84. The van der Waals surface area contributed by atoms with Crippen molar-refractivity contribution in [2.24, 2.45) is 0 Å². The van der Waals surface area contributed by atoms with Gasteiger partial charge in [-0.25, -0.2) is 0 Å². The van der Waals surface area contributed by atoms with E-state index in [-0.39, 0.29) is 15.9 Å². The van der Waals surface area contributed by atoms with Gasteiger partial charge in [0.05, 0.1) is 0 Å². The lowest BCUT2D eigenvalue weighted by Gasteiger charge is -2.37. The molecule has 23 heavy (non-hydrogen) atoms. The van der Waals surface area contributed by atoms with E-state index in [1.165, 1.54) is 0 Å². The molecule has 0 aromatic heterocycles. The van der Waals surface area contributed by atoms with Crippen molar-refractivity contribution in [3.05, 3.63) is 23.3 Å². The Morgan fingerprint density at radius 2 is 1.13 bits per heavy atom. The van der Waals surface area contributed by atoms with Gasteiger partial charge in [-0.2, -0.15) is 0 Å². The Labute approximate surface area is 144 Å². The molecule has 0 aliphatic heterocycles. The summed E-state index contributed by atoms with van der Waals surface area (Å²) in [6, 6.07) is 4.07. The molecule has 0 spiro atoms. The van der Waals surface area contributed by atoms with E-state index in [2.05, 4.69) is 75.4 Å². The van der Waals surface area contributed by atoms with Gasteiger partial charge in [-0.3, -0.25) is 0 Å². The molecule has 1 N–H and O–H groups in total. The Balaban J connectivity index is 3.52. The predicted octanol–water partition coefficient (Wildman–Crippen LogP) is 6.37. The van der Waals surface area contributed by atoms with Crippen molar-refractivity contribution in [2.75, 3.05) is 0 Å². The van der Waals surface area contributed by atoms with Crippen molar-refractivity contribution < 1.29 is 9.53 Å². The molecule has 0 amide bonds. The molecule has 0 unspecified atom stereocenters. The first-order valence-corrected chi connectivity index (χ1v) is 11.4. The summed E-state index contributed by atoms with van der Waals surface area (Å²) in [5.41, 5.74) is 1.66. The molecule has 1 aromatic rings. The van der Waals surface area contributed by atoms with Crippen molar-refractivity contribution >= 4 is 8.32 Å². The third-order valence-corrected chi connectivity index (χ3v) is 9.24. The molecule has 132 valence electrons. The molecular formula is C20H36O2Si. The summed E-state index contributed by atoms with van der Waals surface area (Å²) in [6.45, 7) is 24.0. The monoisotopic (exact) mass is 336 g/mol. The lowest BCUT2D eigenvalue weighted by molar-refractivity contribution is 0.417. The standard InChI is InChI=1S/C20H36O2Si/c1-18(2,3)15-12-14(22-23(10,11)20(7,8)9)13-16(17(15)21)19(4,5)6/h12-13,21H,1-11H3. The van der Waals surface area contributed by atoms with Gasteiger partial charge in [0.25, 0.3) is 0 Å². The molecule has 3 heteroatoms. The van der Waals surface area contributed by atoms with Gasteiger partial charge in [-0.1, -0.05) is 62.3 Å². The van der Waals surface area contributed by atoms with Gasteiger partial charge >= 0.3 is 0 Å². The van der Waals surface area contributed by atoms with Crippen LogP contribution in [0.2, 0.25) is 18.1 Å². The van der Waals surface area contributed by atoms with Crippen LogP contribution in [0.5, 0.6) is 11.5 Å². The number of aromatic hydroxyl groups is 1. The van der Waals surface area contributed by atoms with Crippen LogP contribution < -0.4 is 4.43 Å². The van der Waals surface area contributed by atoms with Crippen LogP contribution in [0.1, 0.15) is 73.4 Å². The van der Waals surface area contributed by atoms with E-state index in [9.17, 15) is 5.11 Å². The van der Waals surface area contributed by atoms with Crippen molar-refractivity contribution in [3.63, 3.8) is 0 Å². The number of benzene rings is 1. The lowest BCUT2D eigenvalue weighted by atomic mass is 9.79. The predicted molar refractivity (Wildman–Crippen MR) is 103 cm³/mol. The first-order chi connectivity index (χ1) is 9.97. The largest absolute Gasteiger partial charge is 0.543 e. The second-order valence-electron chi connectivity index (χ2n) is 10.2. The SMILES string of the molecule is CC(C)(C)c1cc(O[Si](C)(C)C(C)(C)C)cc(C(C)(C)C)c1O. The molecule has 0 heterocycles. The zero-order valence-corrected chi connectivity index (χ0v) is 18.0. The highest BCUT2D eigenvalue weighted by molar-refractivity contribution is 6.74. The third-order valence-electron chi connectivity index (χ3n) is 4.88. The molecular weight excluding hydrogens is 300 g/mol. The Bertz CT molecular complexity index is 532. The van der Waals surface area contributed by atoms with Crippen molar-refractivity contribution in [1.82, 2.24) is 0 Å². The van der Waals surface area contributed by atoms with Crippen LogP contribution in [0.4, 0.5) is 0 Å². The molecule has 0 aliphatic rings. The summed E-state index contributed by atoms with van der Waals surface area (Å²) in [6.07, 6.45) is 0. The fourth-order valence-electron chi connectivity index (χ4n) is 2.26. The average molecular weight is 337 g/mol. The minimum atomic E-state index is -1.91. The number of phenolic OH excluding ortho intramolecular Hbond substituents is 1. The quantitative estimate of drug-likeness (QED) is 0.636. The summed E-state index contributed by atoms with van der Waals surface area (Å²) in [4.78, 5) is 0. The fourth-order valence-corrected chi connectivity index (χ4v) is 3.27. The molecule has 0 bridgehead atoms. The minimum Gasteiger partial charge on any atom is -0.543 e. The Morgan fingerprint density at radius 1 is 0.783 bits per heavy atom. The highest BCUT2D eigenvalue weighted by atomic mass is 28.4. The highest BCUT2D eigenvalue weighted by Gasteiger charge is 2.39. The average Bonchev–Trinajstić information content (AvgIpc) is 2.26. The maximum Gasteiger partial charge on any atom is 0.250 e. The van der Waals surface area contributed by atoms with Gasteiger partial charge in [0, 0.05) is 11.1 Å². The fraction of sp³-hybridized carbons (Fsp3) is 0.700. The molecule has 0 saturated heterocycles. The van der Waals surface area contributed by atoms with Gasteiger partial charge in [0.15, 0.2) is 0 Å². The summed E-state index contributed by atoms with van der Waals surface area (Å²) < 4.78 is 6.52. The van der Waals surface area contributed by atoms with Gasteiger partial charge in [-0.15, -0.1) is 0 Å². The summed E-state index contributed by atoms with van der Waals surface area (Å²) in [5.74, 6) is 1.30. The summed E-state index contributed by atoms with van der Waals surface area (Å²) >= 11 is 0. The number of rotatable bonds is 2. The Morgan fingerprint density at radius 3 is 1.39 bits per heavy atom. The third kappa shape index (κ3) is 4.53. The van der Waals surface area contributed by atoms with E-state index in [0.29, 0.717) is 5.75 Å². The van der Waals surface area contributed by atoms with Gasteiger partial charge < -0.3 is 9.53 Å². The van der Waals surface area contributed by atoms with Crippen LogP contribution in [0.15, 0.2) is 12.1 Å². The summed E-state index contributed by atoms with van der Waals surface area (Å²) in [5, 5.41) is 10.9. The number of hydrogen-bond acceptors (Lipinski definition) is 2. The normalized spacial score (nSPS) is 14.0. The molecule has 0 atom stereocenters. The first-order valence-electron chi connectivity index (χ1n) is 8.54. The van der Waals surface area contributed by atoms with E-state index < -0.39 is 8.32 Å². The van der Waals surface area contributed by atoms with Gasteiger partial charge in [-0.05, 0) is 41.1 Å². The zero-order valence-electron chi connectivity index (χ0n) is 17.0. The molecule has 1 aromatic carbocycles. The molecule has 0 saturated carbocycles. The van der Waals surface area contributed by atoms with Crippen LogP contribution >= 0.6 is 0 Å². The van der Waals surface area contributed by atoms with Crippen LogP contribution in [-0.4, -0.2) is 13.4 Å². The van der Waals surface area contributed by atoms with E-state index >= 15 is 0 Å². The first kappa shape index (κ1) is 20.1. The second-order valence-corrected chi connectivity index (χ2v) is 15.0. The van der Waals surface area contributed by atoms with Crippen LogP contribution in [0.25, 0.3) is 0 Å². The summed E-state index contributed by atoms with van der Waals surface area (Å²) in [7, 11) is -1.91. The maximum atomic E-state index is 10.8. The van der Waals surface area contributed by atoms with Crippen molar-refractivity contribution in [1.29, 1.82) is 0 Å². The molecule has 0 radical (unpaired) electrons. The van der Waals surface area contributed by atoms with Gasteiger partial charge in [0.1, 0.15) is 11.5 Å². The van der Waals surface area contributed by atoms with Crippen molar-refractivity contribution in [3.8, 4) is 11.5 Å². The van der Waals surface area contributed by atoms with E-state index in [1.54, 1.807) is 0 Å². The van der Waals surface area contributed by atoms with Gasteiger partial charge in [0.2, 0.25) is 8.32 Å². The zero-order chi connectivity index (χ0) is 18.4. The van der Waals surface area contributed by atoms with Crippen LogP contribution in [0.3, 0.4) is 0 Å². The van der Waals surface area contributed by atoms with E-state index in [4.69, 9.17) is 4.43 Å². The van der Waals surface area contributed by atoms with Crippen molar-refractivity contribution in [2.45, 2.75) is 91.3 Å². The highest BCUT2D eigenvalue weighted by Crippen LogP contribution is 2.44. The topological polar surface area (TPSA) is 29.5 Å². The molecule has 0 fully saturated rings. The van der Waals surface area contributed by atoms with Crippen LogP contribution in [-0.2, 0) is 10.8 Å².